The molecule has 0 radical (unpaired) electrons. The highest BCUT2D eigenvalue weighted by atomic mass is 16.5. The molecule has 8 heteroatoms. The summed E-state index contributed by atoms with van der Waals surface area (Å²) in [5.41, 5.74) is 2.10. The molecule has 0 spiro atoms. The van der Waals surface area contributed by atoms with Gasteiger partial charge in [0.15, 0.2) is 5.82 Å². The van der Waals surface area contributed by atoms with Crippen LogP contribution in [-0.4, -0.2) is 41.5 Å². The number of ether oxygens (including phenoxy) is 1. The van der Waals surface area contributed by atoms with E-state index in [0.29, 0.717) is 18.3 Å². The Balaban J connectivity index is 1.48. The van der Waals surface area contributed by atoms with E-state index in [2.05, 4.69) is 36.8 Å². The summed E-state index contributed by atoms with van der Waals surface area (Å²) in [7, 11) is 0. The van der Waals surface area contributed by atoms with Crippen LogP contribution in [0.5, 0.6) is 0 Å². The molecule has 1 aliphatic heterocycles. The molecule has 4 rings (SSSR count). The van der Waals surface area contributed by atoms with Crippen molar-refractivity contribution in [3.8, 4) is 0 Å². The van der Waals surface area contributed by atoms with Crippen molar-refractivity contribution in [2.75, 3.05) is 41.8 Å². The van der Waals surface area contributed by atoms with Crippen LogP contribution in [-0.2, 0) is 11.3 Å². The van der Waals surface area contributed by atoms with E-state index in [1.807, 2.05) is 30.3 Å². The third kappa shape index (κ3) is 3.92. The van der Waals surface area contributed by atoms with Crippen molar-refractivity contribution in [3.05, 3.63) is 54.6 Å². The van der Waals surface area contributed by atoms with E-state index in [1.54, 1.807) is 12.5 Å². The van der Waals surface area contributed by atoms with Gasteiger partial charge in [0.25, 0.3) is 0 Å². The van der Waals surface area contributed by atoms with Crippen molar-refractivity contribution in [3.63, 3.8) is 0 Å². The largest absolute Gasteiger partial charge is 0.467 e. The first-order valence-corrected chi connectivity index (χ1v) is 8.53. The van der Waals surface area contributed by atoms with Crippen LogP contribution in [0.25, 0.3) is 0 Å². The van der Waals surface area contributed by atoms with Crippen molar-refractivity contribution in [1.29, 1.82) is 0 Å². The average Bonchev–Trinajstić information content (AvgIpc) is 3.22. The van der Waals surface area contributed by atoms with Gasteiger partial charge >= 0.3 is 0 Å². The molecule has 0 aliphatic carbocycles. The molecule has 0 saturated carbocycles. The standard InChI is InChI=1S/C18H20N6O2/c1-2-6-16(24-7-10-25-11-8-24)15(5-1)21-17-13-20-23-18(22-17)19-12-14-4-3-9-26-14/h1-6,9,13H,7-8,10-12H2,(H2,19,21,22,23). The Morgan fingerprint density at radius 2 is 1.96 bits per heavy atom. The van der Waals surface area contributed by atoms with Gasteiger partial charge in [0.1, 0.15) is 5.76 Å². The van der Waals surface area contributed by atoms with Gasteiger partial charge in [-0.1, -0.05) is 12.1 Å². The fraction of sp³-hybridized carbons (Fsp3) is 0.278. The summed E-state index contributed by atoms with van der Waals surface area (Å²) in [5.74, 6) is 1.88. The number of morpholine rings is 1. The maximum Gasteiger partial charge on any atom is 0.245 e. The zero-order valence-corrected chi connectivity index (χ0v) is 14.3. The molecule has 0 amide bonds. The first-order valence-electron chi connectivity index (χ1n) is 8.53. The molecule has 2 N–H and O–H groups in total. The zero-order chi connectivity index (χ0) is 17.6. The second kappa shape index (κ2) is 7.83. The summed E-state index contributed by atoms with van der Waals surface area (Å²) in [4.78, 5) is 6.78. The fourth-order valence-corrected chi connectivity index (χ4v) is 2.82. The number of hydrogen-bond acceptors (Lipinski definition) is 8. The summed E-state index contributed by atoms with van der Waals surface area (Å²) in [5, 5.41) is 14.5. The molecule has 1 aliphatic rings. The molecule has 1 saturated heterocycles. The number of benzene rings is 1. The van der Waals surface area contributed by atoms with Crippen LogP contribution in [0, 0.1) is 0 Å². The Bertz CT molecular complexity index is 833. The van der Waals surface area contributed by atoms with Gasteiger partial charge in [0.05, 0.1) is 43.6 Å². The number of rotatable bonds is 6. The molecule has 3 aromatic rings. The lowest BCUT2D eigenvalue weighted by Crippen LogP contribution is -2.36. The van der Waals surface area contributed by atoms with E-state index in [1.165, 1.54) is 0 Å². The van der Waals surface area contributed by atoms with Crippen LogP contribution >= 0.6 is 0 Å². The number of furan rings is 1. The van der Waals surface area contributed by atoms with Crippen molar-refractivity contribution in [2.45, 2.75) is 6.54 Å². The maximum atomic E-state index is 5.44. The lowest BCUT2D eigenvalue weighted by molar-refractivity contribution is 0.123. The van der Waals surface area contributed by atoms with Gasteiger partial charge < -0.3 is 24.7 Å². The van der Waals surface area contributed by atoms with Crippen LogP contribution in [0.15, 0.2) is 53.3 Å². The molecule has 3 heterocycles. The van der Waals surface area contributed by atoms with Crippen LogP contribution in [0.3, 0.4) is 0 Å². The minimum atomic E-state index is 0.440. The smallest absolute Gasteiger partial charge is 0.245 e. The van der Waals surface area contributed by atoms with E-state index in [9.17, 15) is 0 Å². The minimum Gasteiger partial charge on any atom is -0.467 e. The SMILES string of the molecule is c1coc(CNc2nncc(Nc3ccccc3N3CCOCC3)n2)c1. The molecular formula is C18H20N6O2. The van der Waals surface area contributed by atoms with Crippen molar-refractivity contribution < 1.29 is 9.15 Å². The van der Waals surface area contributed by atoms with Crippen molar-refractivity contribution in [1.82, 2.24) is 15.2 Å². The Hall–Kier alpha value is -3.13. The zero-order valence-electron chi connectivity index (χ0n) is 14.3. The molecule has 0 bridgehead atoms. The summed E-state index contributed by atoms with van der Waals surface area (Å²) in [6, 6.07) is 11.9. The molecule has 8 nitrogen and oxygen atoms in total. The topological polar surface area (TPSA) is 88.3 Å². The Morgan fingerprint density at radius 1 is 1.08 bits per heavy atom. The normalized spacial score (nSPS) is 14.2. The lowest BCUT2D eigenvalue weighted by Gasteiger charge is -2.30. The Kier molecular flexibility index (Phi) is 4.92. The maximum absolute atomic E-state index is 5.44. The highest BCUT2D eigenvalue weighted by molar-refractivity contribution is 5.74. The molecule has 0 unspecified atom stereocenters. The number of nitrogens with one attached hydrogen (secondary N) is 2. The molecule has 134 valence electrons. The molecule has 1 fully saturated rings. The summed E-state index contributed by atoms with van der Waals surface area (Å²) >= 11 is 0. The van der Waals surface area contributed by atoms with E-state index in [-0.39, 0.29) is 0 Å². The van der Waals surface area contributed by atoms with Gasteiger partial charge in [-0.2, -0.15) is 10.1 Å². The van der Waals surface area contributed by atoms with Crippen LogP contribution < -0.4 is 15.5 Å². The second-order valence-electron chi connectivity index (χ2n) is 5.84. The molecule has 1 aromatic carbocycles. The third-order valence-electron chi connectivity index (χ3n) is 4.08. The monoisotopic (exact) mass is 352 g/mol. The van der Waals surface area contributed by atoms with Crippen molar-refractivity contribution in [2.24, 2.45) is 0 Å². The van der Waals surface area contributed by atoms with E-state index in [4.69, 9.17) is 9.15 Å². The van der Waals surface area contributed by atoms with Gasteiger partial charge in [-0.3, -0.25) is 0 Å². The van der Waals surface area contributed by atoms with Gasteiger partial charge in [-0.05, 0) is 24.3 Å². The summed E-state index contributed by atoms with van der Waals surface area (Å²) < 4.78 is 10.7. The predicted molar refractivity (Wildman–Crippen MR) is 98.6 cm³/mol. The second-order valence-corrected chi connectivity index (χ2v) is 5.84. The number of nitrogens with zero attached hydrogens (tertiary/aromatic N) is 4. The van der Waals surface area contributed by atoms with Gasteiger partial charge in [-0.25, -0.2) is 0 Å². The highest BCUT2D eigenvalue weighted by Crippen LogP contribution is 2.28. The Morgan fingerprint density at radius 3 is 2.81 bits per heavy atom. The lowest BCUT2D eigenvalue weighted by atomic mass is 10.2. The van der Waals surface area contributed by atoms with E-state index >= 15 is 0 Å². The quantitative estimate of drug-likeness (QED) is 0.700. The van der Waals surface area contributed by atoms with Gasteiger partial charge in [0.2, 0.25) is 5.95 Å². The average molecular weight is 352 g/mol. The molecule has 2 aromatic heterocycles. The Labute approximate surface area is 151 Å². The van der Waals surface area contributed by atoms with E-state index < -0.39 is 0 Å². The third-order valence-corrected chi connectivity index (χ3v) is 4.08. The van der Waals surface area contributed by atoms with Crippen LogP contribution in [0.2, 0.25) is 0 Å². The predicted octanol–water partition coefficient (Wildman–Crippen LogP) is 2.66. The van der Waals surface area contributed by atoms with Crippen molar-refractivity contribution >= 4 is 23.1 Å². The number of aromatic nitrogens is 3. The number of hydrogen-bond donors (Lipinski definition) is 2. The summed E-state index contributed by atoms with van der Waals surface area (Å²) in [6.45, 7) is 3.73. The minimum absolute atomic E-state index is 0.440. The fourth-order valence-electron chi connectivity index (χ4n) is 2.82. The molecule has 0 atom stereocenters. The first-order chi connectivity index (χ1) is 12.9. The van der Waals surface area contributed by atoms with Gasteiger partial charge in [-0.15, -0.1) is 5.10 Å². The number of anilines is 4. The van der Waals surface area contributed by atoms with Crippen LogP contribution in [0.1, 0.15) is 5.76 Å². The molecular weight excluding hydrogens is 332 g/mol. The van der Waals surface area contributed by atoms with Crippen LogP contribution in [0.4, 0.5) is 23.1 Å². The van der Waals surface area contributed by atoms with E-state index in [0.717, 1.165) is 43.4 Å². The highest BCUT2D eigenvalue weighted by Gasteiger charge is 2.15. The summed E-state index contributed by atoms with van der Waals surface area (Å²) in [6.07, 6.45) is 3.24. The van der Waals surface area contributed by atoms with Gasteiger partial charge in [0, 0.05) is 13.1 Å². The first kappa shape index (κ1) is 16.3. The molecule has 26 heavy (non-hydrogen) atoms. The number of para-hydroxylation sites is 2.